The number of thiazole rings is 1. The summed E-state index contributed by atoms with van der Waals surface area (Å²) in [5.74, 6) is -2.20. The number of anilines is 1. The minimum atomic E-state index is -1.17. The maximum Gasteiger partial charge on any atom is 0.320 e. The van der Waals surface area contributed by atoms with E-state index < -0.39 is 18.0 Å². The van der Waals surface area contributed by atoms with E-state index in [1.54, 1.807) is 0 Å². The SMILES string of the molecule is N[C@@H](CCC(=O)O)C(=O)O.Nc1nc2ccccc2s1. The van der Waals surface area contributed by atoms with E-state index in [2.05, 4.69) is 4.98 Å². The molecule has 0 amide bonds. The van der Waals surface area contributed by atoms with Crippen molar-refractivity contribution in [3.8, 4) is 0 Å². The molecule has 1 heterocycles. The van der Waals surface area contributed by atoms with Gasteiger partial charge in [0.1, 0.15) is 6.04 Å². The fourth-order valence-electron chi connectivity index (χ4n) is 1.29. The first-order chi connectivity index (χ1) is 9.40. The first-order valence-electron chi connectivity index (χ1n) is 5.71. The minimum absolute atomic E-state index is 0.0231. The minimum Gasteiger partial charge on any atom is -0.481 e. The summed E-state index contributed by atoms with van der Waals surface area (Å²) in [6.45, 7) is 0. The number of fused-ring (bicyclic) bond motifs is 1. The molecule has 0 saturated heterocycles. The number of nitrogens with two attached hydrogens (primary N) is 2. The van der Waals surface area contributed by atoms with Crippen LogP contribution in [0.1, 0.15) is 12.8 Å². The molecule has 0 aliphatic heterocycles. The van der Waals surface area contributed by atoms with Gasteiger partial charge in [0.25, 0.3) is 0 Å². The Morgan fingerprint density at radius 1 is 1.30 bits per heavy atom. The van der Waals surface area contributed by atoms with E-state index in [0.29, 0.717) is 5.13 Å². The van der Waals surface area contributed by atoms with Crippen LogP contribution in [0.25, 0.3) is 10.2 Å². The van der Waals surface area contributed by atoms with Crippen LogP contribution in [0.15, 0.2) is 24.3 Å². The average Bonchev–Trinajstić information content (AvgIpc) is 2.76. The summed E-state index contributed by atoms with van der Waals surface area (Å²) in [5.41, 5.74) is 11.5. The molecule has 0 aliphatic carbocycles. The Kier molecular flexibility index (Phi) is 5.88. The van der Waals surface area contributed by atoms with Crippen LogP contribution < -0.4 is 11.5 Å². The molecule has 1 aromatic heterocycles. The predicted molar refractivity (Wildman–Crippen MR) is 76.5 cm³/mol. The third-order valence-corrected chi connectivity index (χ3v) is 3.16. The molecule has 0 spiro atoms. The molecular formula is C12H15N3O4S. The summed E-state index contributed by atoms with van der Waals surface area (Å²) in [5, 5.41) is 16.9. The summed E-state index contributed by atoms with van der Waals surface area (Å²) in [6.07, 6.45) is -0.224. The van der Waals surface area contributed by atoms with Crippen LogP contribution in [-0.4, -0.2) is 33.2 Å². The molecule has 0 radical (unpaired) electrons. The lowest BCUT2D eigenvalue weighted by atomic mass is 10.2. The van der Waals surface area contributed by atoms with Crippen LogP contribution in [0.3, 0.4) is 0 Å². The fourth-order valence-corrected chi connectivity index (χ4v) is 2.03. The van der Waals surface area contributed by atoms with Crippen LogP contribution in [0.5, 0.6) is 0 Å². The van der Waals surface area contributed by atoms with Gasteiger partial charge in [-0.3, -0.25) is 9.59 Å². The second kappa shape index (κ2) is 7.41. The Morgan fingerprint density at radius 3 is 2.50 bits per heavy atom. The number of benzene rings is 1. The number of nitrogens with zero attached hydrogens (tertiary/aromatic N) is 1. The van der Waals surface area contributed by atoms with Gasteiger partial charge < -0.3 is 21.7 Å². The third-order valence-electron chi connectivity index (χ3n) is 2.30. The number of rotatable bonds is 4. The Morgan fingerprint density at radius 2 is 1.95 bits per heavy atom. The molecule has 108 valence electrons. The summed E-state index contributed by atoms with van der Waals surface area (Å²) < 4.78 is 1.15. The van der Waals surface area contributed by atoms with E-state index in [0.717, 1.165) is 10.2 Å². The summed E-state index contributed by atoms with van der Waals surface area (Å²) in [7, 11) is 0. The highest BCUT2D eigenvalue weighted by Gasteiger charge is 2.12. The first kappa shape index (κ1) is 15.9. The van der Waals surface area contributed by atoms with E-state index in [1.807, 2.05) is 24.3 Å². The summed E-state index contributed by atoms with van der Waals surface area (Å²) in [6, 6.07) is 6.86. The average molecular weight is 297 g/mol. The largest absolute Gasteiger partial charge is 0.481 e. The maximum absolute atomic E-state index is 9.99. The van der Waals surface area contributed by atoms with Gasteiger partial charge in [-0.05, 0) is 18.6 Å². The molecule has 6 N–H and O–H groups in total. The van der Waals surface area contributed by atoms with E-state index in [9.17, 15) is 9.59 Å². The number of carbonyl (C=O) groups is 2. The number of nitrogen functional groups attached to an aromatic ring is 1. The number of carboxylic acids is 2. The lowest BCUT2D eigenvalue weighted by Gasteiger charge is -2.01. The quantitative estimate of drug-likeness (QED) is 0.663. The molecule has 1 aromatic carbocycles. The number of hydrogen-bond donors (Lipinski definition) is 4. The molecule has 20 heavy (non-hydrogen) atoms. The van der Waals surface area contributed by atoms with Gasteiger partial charge in [0.05, 0.1) is 10.2 Å². The van der Waals surface area contributed by atoms with Crippen molar-refractivity contribution in [1.82, 2.24) is 4.98 Å². The van der Waals surface area contributed by atoms with Gasteiger partial charge in [0, 0.05) is 6.42 Å². The number of aromatic nitrogens is 1. The van der Waals surface area contributed by atoms with Crippen LogP contribution in [0, 0.1) is 0 Å². The maximum atomic E-state index is 9.99. The second-order valence-corrected chi connectivity index (χ2v) is 4.96. The van der Waals surface area contributed by atoms with Gasteiger partial charge in [-0.1, -0.05) is 23.5 Å². The molecule has 0 unspecified atom stereocenters. The molecule has 0 fully saturated rings. The van der Waals surface area contributed by atoms with Crippen molar-refractivity contribution in [1.29, 1.82) is 0 Å². The normalized spacial score (nSPS) is 11.4. The zero-order valence-corrected chi connectivity index (χ0v) is 11.3. The van der Waals surface area contributed by atoms with Crippen LogP contribution in [0.2, 0.25) is 0 Å². The molecule has 0 aliphatic rings. The zero-order valence-electron chi connectivity index (χ0n) is 10.5. The smallest absolute Gasteiger partial charge is 0.320 e. The molecule has 8 heteroatoms. The topological polar surface area (TPSA) is 140 Å². The highest BCUT2D eigenvalue weighted by atomic mass is 32.1. The van der Waals surface area contributed by atoms with Crippen LogP contribution >= 0.6 is 11.3 Å². The molecule has 0 saturated carbocycles. The van der Waals surface area contributed by atoms with E-state index >= 15 is 0 Å². The van der Waals surface area contributed by atoms with Crippen molar-refractivity contribution in [2.24, 2.45) is 5.73 Å². The summed E-state index contributed by atoms with van der Waals surface area (Å²) in [4.78, 5) is 24.0. The highest BCUT2D eigenvalue weighted by molar-refractivity contribution is 7.22. The Bertz CT molecular complexity index is 566. The van der Waals surface area contributed by atoms with Crippen molar-refractivity contribution in [2.45, 2.75) is 18.9 Å². The first-order valence-corrected chi connectivity index (χ1v) is 6.53. The lowest BCUT2D eigenvalue weighted by Crippen LogP contribution is -2.30. The highest BCUT2D eigenvalue weighted by Crippen LogP contribution is 2.22. The van der Waals surface area contributed by atoms with Gasteiger partial charge >= 0.3 is 11.9 Å². The Hall–Kier alpha value is -2.19. The van der Waals surface area contributed by atoms with Gasteiger partial charge in [-0.2, -0.15) is 0 Å². The summed E-state index contributed by atoms with van der Waals surface area (Å²) >= 11 is 1.52. The zero-order chi connectivity index (χ0) is 15.1. The second-order valence-electron chi connectivity index (χ2n) is 3.90. The number of aliphatic carboxylic acids is 2. The van der Waals surface area contributed by atoms with Gasteiger partial charge in [0.15, 0.2) is 5.13 Å². The van der Waals surface area contributed by atoms with Gasteiger partial charge in [-0.15, -0.1) is 0 Å². The monoisotopic (exact) mass is 297 g/mol. The Labute approximate surface area is 118 Å². The standard InChI is InChI=1S/C7H6N2S.C5H9NO4/c8-7-9-5-3-1-2-4-6(5)10-7;6-3(5(9)10)1-2-4(7)8/h1-4H,(H2,8,9);3H,1-2,6H2,(H,7,8)(H,9,10)/t;3-/m.0/s1. The van der Waals surface area contributed by atoms with Gasteiger partial charge in [0.2, 0.25) is 0 Å². The van der Waals surface area contributed by atoms with Crippen molar-refractivity contribution in [3.63, 3.8) is 0 Å². The Balaban J connectivity index is 0.000000200. The van der Waals surface area contributed by atoms with E-state index in [-0.39, 0.29) is 12.8 Å². The number of hydrogen-bond acceptors (Lipinski definition) is 6. The van der Waals surface area contributed by atoms with Crippen molar-refractivity contribution in [2.75, 3.05) is 5.73 Å². The van der Waals surface area contributed by atoms with Crippen molar-refractivity contribution < 1.29 is 19.8 Å². The van der Waals surface area contributed by atoms with E-state index in [4.69, 9.17) is 21.7 Å². The third kappa shape index (κ3) is 5.21. The van der Waals surface area contributed by atoms with Gasteiger partial charge in [-0.25, -0.2) is 4.98 Å². The lowest BCUT2D eigenvalue weighted by molar-refractivity contribution is -0.139. The van der Waals surface area contributed by atoms with Crippen molar-refractivity contribution in [3.05, 3.63) is 24.3 Å². The fraction of sp³-hybridized carbons (Fsp3) is 0.250. The molecule has 7 nitrogen and oxygen atoms in total. The number of para-hydroxylation sites is 1. The predicted octanol–water partition coefficient (Wildman–Crippen LogP) is 1.14. The molecule has 1 atom stereocenters. The molecule has 2 aromatic rings. The van der Waals surface area contributed by atoms with Crippen LogP contribution in [-0.2, 0) is 9.59 Å². The molecular weight excluding hydrogens is 282 g/mol. The number of carboxylic acid groups (broad SMARTS) is 2. The molecule has 2 rings (SSSR count). The van der Waals surface area contributed by atoms with E-state index in [1.165, 1.54) is 11.3 Å². The van der Waals surface area contributed by atoms with Crippen LogP contribution in [0.4, 0.5) is 5.13 Å². The molecule has 0 bridgehead atoms. The van der Waals surface area contributed by atoms with Crippen molar-refractivity contribution >= 4 is 38.6 Å².